The molecule has 1 saturated heterocycles. The largest absolute Gasteiger partial charge is 0.496 e. The van der Waals surface area contributed by atoms with E-state index < -0.39 is 0 Å². The van der Waals surface area contributed by atoms with Gasteiger partial charge in [-0.05, 0) is 56.5 Å². The summed E-state index contributed by atoms with van der Waals surface area (Å²) in [5, 5.41) is 3.05. The van der Waals surface area contributed by atoms with Crippen molar-refractivity contribution in [1.82, 2.24) is 5.32 Å². The lowest BCUT2D eigenvalue weighted by Crippen LogP contribution is -2.29. The summed E-state index contributed by atoms with van der Waals surface area (Å²) in [6.07, 6.45) is 3.81. The Morgan fingerprint density at radius 3 is 2.40 bits per heavy atom. The molecule has 1 atom stereocenters. The van der Waals surface area contributed by atoms with Crippen LogP contribution in [0.15, 0.2) is 48.5 Å². The number of carbonyl (C=O) groups excluding carboxylic acids is 1. The first-order valence-corrected chi connectivity index (χ1v) is 8.98. The molecule has 132 valence electrons. The van der Waals surface area contributed by atoms with Gasteiger partial charge in [0.2, 0.25) is 0 Å². The monoisotopic (exact) mass is 338 g/mol. The highest BCUT2D eigenvalue weighted by Gasteiger charge is 2.16. The Bertz CT molecular complexity index is 706. The summed E-state index contributed by atoms with van der Waals surface area (Å²) >= 11 is 0. The summed E-state index contributed by atoms with van der Waals surface area (Å²) in [6.45, 7) is 4.19. The van der Waals surface area contributed by atoms with Gasteiger partial charge in [0.25, 0.3) is 5.91 Å². The third-order valence-corrected chi connectivity index (χ3v) is 4.80. The second-order valence-electron chi connectivity index (χ2n) is 6.53. The summed E-state index contributed by atoms with van der Waals surface area (Å²) in [6, 6.07) is 15.6. The number of amides is 1. The van der Waals surface area contributed by atoms with Crippen molar-refractivity contribution in [3.63, 3.8) is 0 Å². The predicted octanol–water partition coefficient (Wildman–Crippen LogP) is 4.18. The van der Waals surface area contributed by atoms with Crippen LogP contribution in [0.2, 0.25) is 0 Å². The van der Waals surface area contributed by atoms with Crippen molar-refractivity contribution in [3.8, 4) is 5.75 Å². The Balaban J connectivity index is 1.66. The number of benzene rings is 2. The smallest absolute Gasteiger partial charge is 0.251 e. The van der Waals surface area contributed by atoms with Crippen LogP contribution in [0.3, 0.4) is 0 Å². The maximum Gasteiger partial charge on any atom is 0.251 e. The van der Waals surface area contributed by atoms with Gasteiger partial charge in [0.15, 0.2) is 0 Å². The molecular formula is C21H26N2O2. The van der Waals surface area contributed by atoms with Crippen LogP contribution in [0.25, 0.3) is 0 Å². The fourth-order valence-electron chi connectivity index (χ4n) is 3.36. The highest BCUT2D eigenvalue weighted by atomic mass is 16.5. The highest BCUT2D eigenvalue weighted by molar-refractivity contribution is 5.94. The zero-order chi connectivity index (χ0) is 17.6. The lowest BCUT2D eigenvalue weighted by Gasteiger charge is -2.28. The van der Waals surface area contributed by atoms with Gasteiger partial charge >= 0.3 is 0 Å². The van der Waals surface area contributed by atoms with E-state index in [1.54, 1.807) is 7.11 Å². The van der Waals surface area contributed by atoms with Crippen LogP contribution in [0, 0.1) is 0 Å². The van der Waals surface area contributed by atoms with Crippen LogP contribution in [0.5, 0.6) is 5.75 Å². The lowest BCUT2D eigenvalue weighted by atomic mass is 10.1. The van der Waals surface area contributed by atoms with Gasteiger partial charge in [-0.3, -0.25) is 4.79 Å². The van der Waals surface area contributed by atoms with Crippen LogP contribution in [0.4, 0.5) is 5.69 Å². The lowest BCUT2D eigenvalue weighted by molar-refractivity contribution is 0.0939. The molecule has 1 amide bonds. The molecule has 0 aromatic heterocycles. The van der Waals surface area contributed by atoms with E-state index in [2.05, 4.69) is 10.2 Å². The zero-order valence-corrected chi connectivity index (χ0v) is 15.0. The summed E-state index contributed by atoms with van der Waals surface area (Å²) in [7, 11) is 1.65. The first-order chi connectivity index (χ1) is 12.2. The summed E-state index contributed by atoms with van der Waals surface area (Å²) in [5.41, 5.74) is 2.86. The fourth-order valence-corrected chi connectivity index (χ4v) is 3.36. The molecule has 0 radical (unpaired) electrons. The third-order valence-electron chi connectivity index (χ3n) is 4.80. The number of rotatable bonds is 5. The van der Waals surface area contributed by atoms with Crippen molar-refractivity contribution in [1.29, 1.82) is 0 Å². The van der Waals surface area contributed by atoms with Crippen molar-refractivity contribution in [2.45, 2.75) is 32.2 Å². The molecule has 0 aliphatic carbocycles. The normalized spacial score (nSPS) is 15.5. The average Bonchev–Trinajstić information content (AvgIpc) is 2.68. The number of methoxy groups -OCH3 is 1. The molecular weight excluding hydrogens is 312 g/mol. The summed E-state index contributed by atoms with van der Waals surface area (Å²) < 4.78 is 5.38. The van der Waals surface area contributed by atoms with E-state index in [4.69, 9.17) is 4.74 Å². The Morgan fingerprint density at radius 1 is 1.04 bits per heavy atom. The molecule has 2 aromatic carbocycles. The molecule has 1 N–H and O–H groups in total. The second-order valence-corrected chi connectivity index (χ2v) is 6.53. The van der Waals surface area contributed by atoms with Crippen LogP contribution in [0.1, 0.15) is 48.1 Å². The number of hydrogen-bond donors (Lipinski definition) is 1. The van der Waals surface area contributed by atoms with Crippen molar-refractivity contribution < 1.29 is 9.53 Å². The predicted molar refractivity (Wildman–Crippen MR) is 101 cm³/mol. The minimum atomic E-state index is -0.120. The number of carbonyl (C=O) groups is 1. The fraction of sp³-hybridized carbons (Fsp3) is 0.381. The number of piperidine rings is 1. The van der Waals surface area contributed by atoms with Gasteiger partial charge in [0, 0.05) is 29.9 Å². The van der Waals surface area contributed by atoms with E-state index in [0.29, 0.717) is 5.56 Å². The molecule has 0 unspecified atom stereocenters. The Kier molecular flexibility index (Phi) is 5.59. The van der Waals surface area contributed by atoms with Crippen LogP contribution in [-0.4, -0.2) is 26.1 Å². The van der Waals surface area contributed by atoms with Gasteiger partial charge in [0.05, 0.1) is 13.2 Å². The third kappa shape index (κ3) is 4.13. The molecule has 0 saturated carbocycles. The van der Waals surface area contributed by atoms with Gasteiger partial charge in [-0.15, -0.1) is 0 Å². The molecule has 4 heteroatoms. The number of ether oxygens (including phenoxy) is 1. The highest BCUT2D eigenvalue weighted by Crippen LogP contribution is 2.25. The van der Waals surface area contributed by atoms with Crippen molar-refractivity contribution in [2.24, 2.45) is 0 Å². The van der Waals surface area contributed by atoms with Gasteiger partial charge < -0.3 is 15.0 Å². The first-order valence-electron chi connectivity index (χ1n) is 8.98. The number of nitrogens with one attached hydrogen (secondary N) is 1. The quantitative estimate of drug-likeness (QED) is 0.889. The Labute approximate surface area is 149 Å². The van der Waals surface area contributed by atoms with Crippen LogP contribution < -0.4 is 15.0 Å². The van der Waals surface area contributed by atoms with Gasteiger partial charge in [-0.1, -0.05) is 18.2 Å². The van der Waals surface area contributed by atoms with Gasteiger partial charge in [-0.2, -0.15) is 0 Å². The molecule has 1 fully saturated rings. The molecule has 3 rings (SSSR count). The first kappa shape index (κ1) is 17.3. The molecule has 1 aliphatic rings. The van der Waals surface area contributed by atoms with E-state index in [9.17, 15) is 4.79 Å². The number of nitrogens with zero attached hydrogens (tertiary/aromatic N) is 1. The molecule has 1 aliphatic heterocycles. The molecule has 0 spiro atoms. The molecule has 2 aromatic rings. The standard InChI is InChI=1S/C21H26N2O2/c1-16(19-8-4-5-9-20(19)25-2)22-21(24)17-10-12-18(13-11-17)23-14-6-3-7-15-23/h4-5,8-13,16H,3,6-7,14-15H2,1-2H3,(H,22,24)/t16-/m1/s1. The number of hydrogen-bond acceptors (Lipinski definition) is 3. The molecule has 4 nitrogen and oxygen atoms in total. The van der Waals surface area contributed by atoms with E-state index in [1.165, 1.54) is 24.9 Å². The van der Waals surface area contributed by atoms with Crippen molar-refractivity contribution in [2.75, 3.05) is 25.1 Å². The SMILES string of the molecule is COc1ccccc1[C@@H](C)NC(=O)c1ccc(N2CCCCC2)cc1. The number of anilines is 1. The van der Waals surface area contributed by atoms with E-state index in [-0.39, 0.29) is 11.9 Å². The van der Waals surface area contributed by atoms with E-state index >= 15 is 0 Å². The average molecular weight is 338 g/mol. The second kappa shape index (κ2) is 8.06. The van der Waals surface area contributed by atoms with E-state index in [1.807, 2.05) is 55.5 Å². The van der Waals surface area contributed by atoms with Gasteiger partial charge in [0.1, 0.15) is 5.75 Å². The Hall–Kier alpha value is -2.49. The summed E-state index contributed by atoms with van der Waals surface area (Å²) in [4.78, 5) is 14.9. The minimum absolute atomic E-state index is 0.0661. The topological polar surface area (TPSA) is 41.6 Å². The maximum atomic E-state index is 12.6. The van der Waals surface area contributed by atoms with Crippen LogP contribution in [-0.2, 0) is 0 Å². The number of para-hydroxylation sites is 1. The minimum Gasteiger partial charge on any atom is -0.496 e. The molecule has 1 heterocycles. The maximum absolute atomic E-state index is 12.6. The van der Waals surface area contributed by atoms with E-state index in [0.717, 1.165) is 24.4 Å². The zero-order valence-electron chi connectivity index (χ0n) is 15.0. The van der Waals surface area contributed by atoms with Crippen molar-refractivity contribution >= 4 is 11.6 Å². The Morgan fingerprint density at radius 2 is 1.72 bits per heavy atom. The van der Waals surface area contributed by atoms with Crippen molar-refractivity contribution in [3.05, 3.63) is 59.7 Å². The van der Waals surface area contributed by atoms with Gasteiger partial charge in [-0.25, -0.2) is 0 Å². The van der Waals surface area contributed by atoms with Crippen LogP contribution >= 0.6 is 0 Å². The summed E-state index contributed by atoms with van der Waals surface area (Å²) in [5.74, 6) is 0.722. The molecule has 0 bridgehead atoms. The molecule has 25 heavy (non-hydrogen) atoms.